The van der Waals surface area contributed by atoms with Crippen LogP contribution in [-0.2, 0) is 27.6 Å². The topological polar surface area (TPSA) is 172 Å². The number of benzene rings is 3. The molecular formula is C52H62BrFN11O5P. The number of likely N-dealkylation sites (tertiary alicyclic amines) is 1. The van der Waals surface area contributed by atoms with Crippen LogP contribution in [0.5, 0.6) is 5.75 Å². The van der Waals surface area contributed by atoms with Crippen LogP contribution in [0, 0.1) is 18.2 Å². The minimum Gasteiger partial charge on any atom is -0.494 e. The van der Waals surface area contributed by atoms with Gasteiger partial charge in [-0.25, -0.2) is 14.2 Å². The number of pyridine rings is 1. The molecule has 0 aliphatic carbocycles. The molecule has 4 aliphatic heterocycles. The monoisotopic (exact) mass is 1050 g/mol. The van der Waals surface area contributed by atoms with Crippen LogP contribution in [0.2, 0.25) is 0 Å². The number of carbonyl (C=O) groups is 2. The predicted octanol–water partition coefficient (Wildman–Crippen LogP) is 8.52. The van der Waals surface area contributed by atoms with Gasteiger partial charge in [0.25, 0.3) is 0 Å². The molecule has 1 unspecified atom stereocenters. The van der Waals surface area contributed by atoms with Gasteiger partial charge >= 0.3 is 5.69 Å². The van der Waals surface area contributed by atoms with Gasteiger partial charge in [0, 0.05) is 80.0 Å². The summed E-state index contributed by atoms with van der Waals surface area (Å²) < 4.78 is 38.6. The highest BCUT2D eigenvalue weighted by Crippen LogP contribution is 2.46. The number of fused-ring (bicyclic) bond motifs is 2. The summed E-state index contributed by atoms with van der Waals surface area (Å²) in [6.07, 6.45) is 9.28. The van der Waals surface area contributed by atoms with Crippen LogP contribution >= 0.6 is 23.1 Å². The van der Waals surface area contributed by atoms with Gasteiger partial charge < -0.3 is 34.6 Å². The highest BCUT2D eigenvalue weighted by molar-refractivity contribution is 9.10. The number of imide groups is 1. The van der Waals surface area contributed by atoms with Gasteiger partial charge in [0.1, 0.15) is 36.1 Å². The first-order valence-electron chi connectivity index (χ1n) is 24.7. The molecule has 3 aromatic carbocycles. The molecule has 4 aliphatic rings. The second-order valence-electron chi connectivity index (χ2n) is 20.2. The van der Waals surface area contributed by atoms with Crippen LogP contribution in [0.1, 0.15) is 75.6 Å². The van der Waals surface area contributed by atoms with Crippen molar-refractivity contribution in [3.05, 3.63) is 86.8 Å². The van der Waals surface area contributed by atoms with Crippen molar-refractivity contribution in [1.29, 1.82) is 0 Å². The van der Waals surface area contributed by atoms with Crippen LogP contribution in [0.25, 0.3) is 21.9 Å². The van der Waals surface area contributed by atoms with Gasteiger partial charge in [-0.1, -0.05) is 13.0 Å². The van der Waals surface area contributed by atoms with Crippen LogP contribution in [0.15, 0.2) is 64.0 Å². The molecule has 3 aromatic heterocycles. The Bertz CT molecular complexity index is 3180. The minimum absolute atomic E-state index is 0.0968. The van der Waals surface area contributed by atoms with Gasteiger partial charge in [0.05, 0.1) is 39.7 Å². The summed E-state index contributed by atoms with van der Waals surface area (Å²) in [5.74, 6) is 0.0847. The lowest BCUT2D eigenvalue weighted by atomic mass is 9.70. The highest BCUT2D eigenvalue weighted by Gasteiger charge is 2.40. The van der Waals surface area contributed by atoms with E-state index >= 15 is 4.39 Å². The molecule has 0 radical (unpaired) electrons. The number of piperidine rings is 4. The average molecular weight is 1050 g/mol. The molecule has 7 heterocycles. The van der Waals surface area contributed by atoms with Crippen molar-refractivity contribution in [3.63, 3.8) is 0 Å². The molecule has 6 aromatic rings. The van der Waals surface area contributed by atoms with Gasteiger partial charge in [-0.3, -0.25) is 29.0 Å². The number of anilines is 6. The Morgan fingerprint density at radius 2 is 1.59 bits per heavy atom. The van der Waals surface area contributed by atoms with E-state index in [2.05, 4.69) is 77.5 Å². The van der Waals surface area contributed by atoms with E-state index in [1.807, 2.05) is 24.3 Å². The Balaban J connectivity index is 0.761. The SMILES string of the molecule is CCc1ccc2c(P(C)(C)=O)c(Nc3nc(Nc4cc(C)c(N5CCC6(CC5)CCN(C5CCN(c7ccc(F)c8c7n(C)c(=O)n8C7CCC(=O)NC7=O)CC5)CC6)cc4OC)ncc3Br)ccc2n1. The number of aromatic nitrogens is 5. The van der Waals surface area contributed by atoms with E-state index in [-0.39, 0.29) is 24.3 Å². The third kappa shape index (κ3) is 9.31. The first kappa shape index (κ1) is 48.8. The Hall–Kier alpha value is -5.84. The maximum atomic E-state index is 15.6. The summed E-state index contributed by atoms with van der Waals surface area (Å²) in [6.45, 7) is 13.4. The van der Waals surface area contributed by atoms with Crippen molar-refractivity contribution in [1.82, 2.24) is 34.3 Å². The number of hydrogen-bond donors (Lipinski definition) is 3. The smallest absolute Gasteiger partial charge is 0.329 e. The van der Waals surface area contributed by atoms with Crippen molar-refractivity contribution in [2.45, 2.75) is 83.7 Å². The van der Waals surface area contributed by atoms with E-state index < -0.39 is 30.6 Å². The van der Waals surface area contributed by atoms with Crippen molar-refractivity contribution in [2.24, 2.45) is 12.5 Å². The van der Waals surface area contributed by atoms with Crippen LogP contribution in [0.4, 0.5) is 38.9 Å². The Labute approximate surface area is 421 Å². The van der Waals surface area contributed by atoms with Crippen molar-refractivity contribution >= 4 is 96.6 Å². The lowest BCUT2D eigenvalue weighted by Crippen LogP contribution is -2.52. The average Bonchev–Trinajstić information content (AvgIpc) is 3.62. The molecule has 3 N–H and O–H groups in total. The number of imidazole rings is 1. The summed E-state index contributed by atoms with van der Waals surface area (Å²) in [6, 6.07) is 14.7. The number of rotatable bonds is 11. The summed E-state index contributed by atoms with van der Waals surface area (Å²) in [5, 5.41) is 10.7. The van der Waals surface area contributed by atoms with Crippen molar-refractivity contribution < 1.29 is 23.3 Å². The van der Waals surface area contributed by atoms with Gasteiger partial charge in [-0.05, 0) is 148 Å². The largest absolute Gasteiger partial charge is 0.494 e. The molecule has 1 spiro atoms. The third-order valence-electron chi connectivity index (χ3n) is 15.6. The molecule has 10 rings (SSSR count). The van der Waals surface area contributed by atoms with E-state index in [9.17, 15) is 18.9 Å². The zero-order valence-electron chi connectivity index (χ0n) is 41.3. The Morgan fingerprint density at radius 1 is 0.873 bits per heavy atom. The molecule has 0 saturated carbocycles. The molecule has 0 bridgehead atoms. The minimum atomic E-state index is -2.75. The fourth-order valence-corrected chi connectivity index (χ4v) is 13.4. The first-order chi connectivity index (χ1) is 34.0. The maximum absolute atomic E-state index is 15.6. The fourth-order valence-electron chi connectivity index (χ4n) is 11.6. The number of amides is 2. The lowest BCUT2D eigenvalue weighted by molar-refractivity contribution is -0.135. The van der Waals surface area contributed by atoms with Crippen LogP contribution < -0.4 is 41.5 Å². The second-order valence-corrected chi connectivity index (χ2v) is 24.2. The van der Waals surface area contributed by atoms with E-state index in [4.69, 9.17) is 14.7 Å². The normalized spacial score (nSPS) is 19.2. The van der Waals surface area contributed by atoms with Crippen molar-refractivity contribution in [2.75, 3.05) is 80.1 Å². The number of nitrogens with one attached hydrogen (secondary N) is 3. The first-order valence-corrected chi connectivity index (χ1v) is 28.1. The zero-order valence-corrected chi connectivity index (χ0v) is 43.8. The second kappa shape index (κ2) is 19.3. The number of halogens is 2. The van der Waals surface area contributed by atoms with Crippen molar-refractivity contribution in [3.8, 4) is 5.75 Å². The molecule has 2 amide bonds. The maximum Gasteiger partial charge on any atom is 0.329 e. The molecular weight excluding hydrogens is 989 g/mol. The summed E-state index contributed by atoms with van der Waals surface area (Å²) in [5.41, 5.74) is 6.76. The van der Waals surface area contributed by atoms with E-state index in [1.165, 1.54) is 28.0 Å². The van der Waals surface area contributed by atoms with Gasteiger partial charge in [0.2, 0.25) is 17.8 Å². The summed E-state index contributed by atoms with van der Waals surface area (Å²) in [7, 11) is 0.560. The van der Waals surface area contributed by atoms with Crippen LogP contribution in [0.3, 0.4) is 0 Å². The number of methoxy groups -OCH3 is 1. The molecule has 4 saturated heterocycles. The molecule has 4 fully saturated rings. The van der Waals surface area contributed by atoms with E-state index in [0.29, 0.717) is 44.6 Å². The lowest BCUT2D eigenvalue weighted by Gasteiger charge is -2.50. The molecule has 16 nitrogen and oxygen atoms in total. The molecule has 1 atom stereocenters. The molecule has 71 heavy (non-hydrogen) atoms. The van der Waals surface area contributed by atoms with Crippen LogP contribution in [-0.4, -0.2) is 107 Å². The van der Waals surface area contributed by atoms with E-state index in [1.54, 1.807) is 39.8 Å². The number of ether oxygens (including phenoxy) is 1. The van der Waals surface area contributed by atoms with E-state index in [0.717, 1.165) is 116 Å². The summed E-state index contributed by atoms with van der Waals surface area (Å²) in [4.78, 5) is 59.8. The number of hydrogen-bond acceptors (Lipinski definition) is 13. The Morgan fingerprint density at radius 3 is 2.28 bits per heavy atom. The third-order valence-corrected chi connectivity index (χ3v) is 17.7. The number of nitrogens with zero attached hydrogens (tertiary/aromatic N) is 8. The quantitative estimate of drug-likeness (QED) is 0.0834. The van der Waals surface area contributed by atoms with Gasteiger partial charge in [-0.2, -0.15) is 4.98 Å². The van der Waals surface area contributed by atoms with Gasteiger partial charge in [0.15, 0.2) is 0 Å². The predicted molar refractivity (Wildman–Crippen MR) is 283 cm³/mol. The Kier molecular flexibility index (Phi) is 13.3. The molecule has 19 heteroatoms. The number of carbonyl (C=O) groups excluding carboxylic acids is 2. The van der Waals surface area contributed by atoms with Gasteiger partial charge in [-0.15, -0.1) is 0 Å². The highest BCUT2D eigenvalue weighted by atomic mass is 79.9. The number of aryl methyl sites for hydroxylation is 3. The standard InChI is InChI=1S/C52H62BrFN11O5P/c1-7-32-8-9-34-37(56-32)11-12-38(47(34)71(5,6)69)57-48-35(53)30-55-50(60-48)58-39-28-31(2)42(29-43(39)70-4)64-26-20-52(21-27-64)18-24-62(25-19-52)33-16-22-63(23-17-33)40-13-10-36(54)45-46(40)61(3)51(68)65(45)41-14-15-44(66)59-49(41)67/h8-13,28-30,33,41H,7,14-27H2,1-6H3,(H,59,66,67)(H2,55,57,58,60). The summed E-state index contributed by atoms with van der Waals surface area (Å²) >= 11 is 3.63. The molecule has 374 valence electrons. The zero-order chi connectivity index (χ0) is 49.9. The fraction of sp³-hybridized carbons (Fsp3) is 0.462.